The van der Waals surface area contributed by atoms with Gasteiger partial charge in [0.15, 0.2) is 5.58 Å². The zero-order valence-corrected chi connectivity index (χ0v) is 17.9. The first-order chi connectivity index (χ1) is 15.1. The molecule has 1 saturated heterocycles. The number of aryl methyl sites for hydroxylation is 1. The zero-order chi connectivity index (χ0) is 23.0. The van der Waals surface area contributed by atoms with Gasteiger partial charge in [0.1, 0.15) is 18.0 Å². The highest BCUT2D eigenvalue weighted by atomic mass is 19.4. The minimum Gasteiger partial charge on any atom is -0.507 e. The Labute approximate surface area is 183 Å². The summed E-state index contributed by atoms with van der Waals surface area (Å²) >= 11 is 0. The smallest absolute Gasteiger partial charge is 0.453 e. The number of ether oxygens (including phenoxy) is 1. The van der Waals surface area contributed by atoms with Gasteiger partial charge in [-0.2, -0.15) is 13.2 Å². The molecule has 2 unspecified atom stereocenters. The van der Waals surface area contributed by atoms with Gasteiger partial charge in [-0.15, -0.1) is 0 Å². The lowest BCUT2D eigenvalue weighted by molar-refractivity contribution is -0.922. The van der Waals surface area contributed by atoms with E-state index in [2.05, 4.69) is 6.92 Å². The summed E-state index contributed by atoms with van der Waals surface area (Å²) in [6.07, 6.45) is -2.87. The van der Waals surface area contributed by atoms with Crippen molar-refractivity contribution in [3.05, 3.63) is 63.5 Å². The van der Waals surface area contributed by atoms with E-state index >= 15 is 0 Å². The largest absolute Gasteiger partial charge is 0.507 e. The fraction of sp³-hybridized carbons (Fsp3) is 0.375. The molecule has 0 amide bonds. The first-order valence-corrected chi connectivity index (χ1v) is 10.6. The van der Waals surface area contributed by atoms with Gasteiger partial charge in [0.05, 0.1) is 24.0 Å². The molecular formula is C24H25F3NO4+. The second-order valence-electron chi connectivity index (χ2n) is 8.57. The number of phenols is 1. The number of fused-ring (bicyclic) bond motifs is 1. The molecule has 2 heterocycles. The maximum absolute atomic E-state index is 13.9. The van der Waals surface area contributed by atoms with Gasteiger partial charge in [-0.05, 0) is 44.0 Å². The lowest BCUT2D eigenvalue weighted by atomic mass is 9.99. The van der Waals surface area contributed by atoms with Crippen LogP contribution in [0.25, 0.3) is 11.0 Å². The van der Waals surface area contributed by atoms with Gasteiger partial charge in [0, 0.05) is 5.92 Å². The highest BCUT2D eigenvalue weighted by molar-refractivity contribution is 5.83. The van der Waals surface area contributed by atoms with Crippen molar-refractivity contribution in [2.75, 3.05) is 13.1 Å². The normalized spacial score (nSPS) is 19.3. The van der Waals surface area contributed by atoms with Crippen molar-refractivity contribution in [2.24, 2.45) is 5.92 Å². The van der Waals surface area contributed by atoms with E-state index < -0.39 is 23.1 Å². The fourth-order valence-corrected chi connectivity index (χ4v) is 4.27. The summed E-state index contributed by atoms with van der Waals surface area (Å²) in [5.41, 5.74) is -0.0728. The molecule has 1 aliphatic heterocycles. The van der Waals surface area contributed by atoms with Crippen molar-refractivity contribution in [1.82, 2.24) is 0 Å². The van der Waals surface area contributed by atoms with Crippen molar-refractivity contribution in [3.8, 4) is 17.2 Å². The average molecular weight is 448 g/mol. The zero-order valence-electron chi connectivity index (χ0n) is 17.9. The molecule has 4 rings (SSSR count). The topological polar surface area (TPSA) is 64.1 Å². The van der Waals surface area contributed by atoms with Gasteiger partial charge in [0.2, 0.25) is 11.2 Å². The molecule has 0 bridgehead atoms. The van der Waals surface area contributed by atoms with Crippen LogP contribution in [0.2, 0.25) is 0 Å². The minimum atomic E-state index is -4.96. The number of rotatable bonds is 4. The number of phenolic OH excluding ortho intramolecular Hbond substituents is 1. The Morgan fingerprint density at radius 2 is 1.91 bits per heavy atom. The van der Waals surface area contributed by atoms with E-state index in [0.29, 0.717) is 5.92 Å². The second-order valence-corrected chi connectivity index (χ2v) is 8.57. The van der Waals surface area contributed by atoms with Crippen molar-refractivity contribution < 1.29 is 32.3 Å². The van der Waals surface area contributed by atoms with E-state index in [1.54, 1.807) is 12.1 Å². The van der Waals surface area contributed by atoms with Crippen LogP contribution in [-0.2, 0) is 12.7 Å². The van der Waals surface area contributed by atoms with E-state index in [-0.39, 0.29) is 34.6 Å². The van der Waals surface area contributed by atoms with Crippen LogP contribution in [0.3, 0.4) is 0 Å². The lowest BCUT2D eigenvalue weighted by Gasteiger charge is -2.28. The van der Waals surface area contributed by atoms with Crippen molar-refractivity contribution >= 4 is 11.0 Å². The highest BCUT2D eigenvalue weighted by Gasteiger charge is 2.41. The molecule has 5 nitrogen and oxygen atoms in total. The predicted molar refractivity (Wildman–Crippen MR) is 113 cm³/mol. The minimum absolute atomic E-state index is 0.0580. The highest BCUT2D eigenvalue weighted by Crippen LogP contribution is 2.39. The summed E-state index contributed by atoms with van der Waals surface area (Å²) in [7, 11) is 0. The Morgan fingerprint density at radius 1 is 1.19 bits per heavy atom. The van der Waals surface area contributed by atoms with Crippen LogP contribution >= 0.6 is 0 Å². The average Bonchev–Trinajstić information content (AvgIpc) is 2.72. The number of piperidine rings is 1. The van der Waals surface area contributed by atoms with E-state index in [1.165, 1.54) is 24.3 Å². The van der Waals surface area contributed by atoms with Crippen molar-refractivity contribution in [1.29, 1.82) is 0 Å². The molecular weight excluding hydrogens is 423 g/mol. The number of halogens is 3. The lowest BCUT2D eigenvalue weighted by Crippen LogP contribution is -3.12. The molecule has 0 aliphatic carbocycles. The summed E-state index contributed by atoms with van der Waals surface area (Å²) in [5.74, 6) is -2.04. The van der Waals surface area contributed by atoms with Crippen LogP contribution in [0.5, 0.6) is 17.2 Å². The van der Waals surface area contributed by atoms with Gasteiger partial charge >= 0.3 is 6.18 Å². The monoisotopic (exact) mass is 448 g/mol. The van der Waals surface area contributed by atoms with Crippen LogP contribution in [0, 0.1) is 12.8 Å². The summed E-state index contributed by atoms with van der Waals surface area (Å²) in [5, 5.41) is 10.4. The number of alkyl halides is 3. The Hall–Kier alpha value is -3.00. The van der Waals surface area contributed by atoms with E-state index in [4.69, 9.17) is 9.15 Å². The third-order valence-electron chi connectivity index (χ3n) is 5.89. The molecule has 1 aliphatic rings. The number of nitrogens with one attached hydrogen (secondary N) is 1. The standard InChI is InChI=1S/C24H24F3NO4/c1-14-5-7-16(8-6-14)31-22-20(30)17-9-10-19(29)18(13-28-11-3-4-15(2)12-28)21(17)32-23(22)24(25,26)27/h5-10,15,29H,3-4,11-13H2,1-2H3/p+1. The number of hydrogen-bond donors (Lipinski definition) is 2. The summed E-state index contributed by atoms with van der Waals surface area (Å²) in [6, 6.07) is 8.92. The maximum atomic E-state index is 13.9. The SMILES string of the molecule is Cc1ccc(Oc2c(C(F)(F)F)oc3c(C[NH+]4CCCC(C)C4)c(O)ccc3c2=O)cc1. The molecule has 3 aromatic rings. The molecule has 8 heteroatoms. The van der Waals surface area contributed by atoms with Crippen LogP contribution in [0.15, 0.2) is 45.6 Å². The third kappa shape index (κ3) is 4.46. The van der Waals surface area contributed by atoms with Gasteiger partial charge < -0.3 is 19.2 Å². The van der Waals surface area contributed by atoms with Crippen LogP contribution in [0.1, 0.15) is 36.7 Å². The summed E-state index contributed by atoms with van der Waals surface area (Å²) < 4.78 is 52.3. The maximum Gasteiger partial charge on any atom is 0.453 e. The van der Waals surface area contributed by atoms with Crippen LogP contribution < -0.4 is 15.1 Å². The molecule has 1 fully saturated rings. The Bertz CT molecular complexity index is 1190. The molecule has 2 atom stereocenters. The summed E-state index contributed by atoms with van der Waals surface area (Å²) in [4.78, 5) is 14.2. The molecule has 1 aromatic heterocycles. The predicted octanol–water partition coefficient (Wildman–Crippen LogP) is 4.43. The van der Waals surface area contributed by atoms with Crippen molar-refractivity contribution in [3.63, 3.8) is 0 Å². The van der Waals surface area contributed by atoms with Crippen molar-refractivity contribution in [2.45, 2.75) is 39.4 Å². The number of benzene rings is 2. The van der Waals surface area contributed by atoms with E-state index in [9.17, 15) is 23.1 Å². The van der Waals surface area contributed by atoms with Crippen LogP contribution in [0.4, 0.5) is 13.2 Å². The fourth-order valence-electron chi connectivity index (χ4n) is 4.27. The first kappa shape index (κ1) is 22.2. The Balaban J connectivity index is 1.85. The molecule has 2 aromatic carbocycles. The van der Waals surface area contributed by atoms with Gasteiger partial charge in [-0.3, -0.25) is 4.79 Å². The van der Waals surface area contributed by atoms with E-state index in [1.807, 2.05) is 6.92 Å². The number of quaternary nitrogens is 1. The molecule has 170 valence electrons. The molecule has 0 radical (unpaired) electrons. The van der Waals surface area contributed by atoms with Gasteiger partial charge in [-0.1, -0.05) is 24.6 Å². The van der Waals surface area contributed by atoms with Gasteiger partial charge in [-0.25, -0.2) is 0 Å². The first-order valence-electron chi connectivity index (χ1n) is 10.6. The number of likely N-dealkylation sites (tertiary alicyclic amines) is 1. The molecule has 0 saturated carbocycles. The molecule has 2 N–H and O–H groups in total. The molecule has 0 spiro atoms. The van der Waals surface area contributed by atoms with E-state index in [0.717, 1.165) is 36.4 Å². The number of aromatic hydroxyl groups is 1. The summed E-state index contributed by atoms with van der Waals surface area (Å²) in [6.45, 7) is 5.89. The van der Waals surface area contributed by atoms with Crippen LogP contribution in [-0.4, -0.2) is 18.2 Å². The number of hydrogen-bond acceptors (Lipinski definition) is 4. The Kier molecular flexibility index (Phi) is 5.90. The second kappa shape index (κ2) is 8.50. The third-order valence-corrected chi connectivity index (χ3v) is 5.89. The van der Waals surface area contributed by atoms with Gasteiger partial charge in [0.25, 0.3) is 5.76 Å². The quantitative estimate of drug-likeness (QED) is 0.620. The molecule has 32 heavy (non-hydrogen) atoms. The Morgan fingerprint density at radius 3 is 2.56 bits per heavy atom.